The number of hydrogen-bond donors (Lipinski definition) is 2. The van der Waals surface area contributed by atoms with E-state index in [1.165, 1.54) is 18.2 Å². The average molecular weight is 336 g/mol. The topological polar surface area (TPSA) is 98.3 Å². The molecule has 0 atom stereocenters. The highest BCUT2D eigenvalue weighted by atomic mass is 79.9. The Hall–Kier alpha value is -2.41. The molecule has 0 radical (unpaired) electrons. The maximum Gasteiger partial charge on any atom is 0.271 e. The lowest BCUT2D eigenvalue weighted by Gasteiger charge is -2.08. The van der Waals surface area contributed by atoms with Crippen molar-refractivity contribution >= 4 is 38.9 Å². The summed E-state index contributed by atoms with van der Waals surface area (Å²) in [5, 5.41) is 13.3. The van der Waals surface area contributed by atoms with Gasteiger partial charge in [-0.05, 0) is 24.3 Å². The summed E-state index contributed by atoms with van der Waals surface area (Å²) >= 11 is 3.26. The smallest absolute Gasteiger partial charge is 0.271 e. The molecule has 0 unspecified atom stereocenters. The van der Waals surface area contributed by atoms with Crippen LogP contribution in [0.4, 0.5) is 17.1 Å². The fourth-order valence-corrected chi connectivity index (χ4v) is 1.98. The number of anilines is 2. The number of nitrogens with zero attached hydrogens (tertiary/aromatic N) is 1. The van der Waals surface area contributed by atoms with Gasteiger partial charge in [0.25, 0.3) is 11.6 Å². The number of benzene rings is 2. The summed E-state index contributed by atoms with van der Waals surface area (Å²) in [4.78, 5) is 22.2. The van der Waals surface area contributed by atoms with E-state index in [2.05, 4.69) is 21.2 Å². The standard InChI is InChI=1S/C13H10BrN3O3/c14-8-4-5-12(15)11(6-8)13(18)16-9-2-1-3-10(7-9)17(19)20/h1-7H,15H2,(H,16,18). The molecule has 0 bridgehead atoms. The second kappa shape index (κ2) is 5.70. The van der Waals surface area contributed by atoms with Crippen molar-refractivity contribution in [2.24, 2.45) is 0 Å². The first kappa shape index (κ1) is 14.0. The Morgan fingerprint density at radius 1 is 1.25 bits per heavy atom. The molecule has 0 aliphatic rings. The number of nitro groups is 1. The number of nitrogens with two attached hydrogens (primary N) is 1. The zero-order valence-electron chi connectivity index (χ0n) is 10.2. The van der Waals surface area contributed by atoms with Crippen LogP contribution in [0.1, 0.15) is 10.4 Å². The van der Waals surface area contributed by atoms with Crippen LogP contribution in [0.2, 0.25) is 0 Å². The Balaban J connectivity index is 2.25. The molecular formula is C13H10BrN3O3. The third-order valence-electron chi connectivity index (χ3n) is 2.57. The molecule has 0 heterocycles. The van der Waals surface area contributed by atoms with Gasteiger partial charge >= 0.3 is 0 Å². The van der Waals surface area contributed by atoms with Crippen molar-refractivity contribution in [1.82, 2.24) is 0 Å². The molecule has 6 nitrogen and oxygen atoms in total. The average Bonchev–Trinajstić information content (AvgIpc) is 2.41. The Kier molecular flexibility index (Phi) is 3.99. The van der Waals surface area contributed by atoms with Crippen LogP contribution < -0.4 is 11.1 Å². The third-order valence-corrected chi connectivity index (χ3v) is 3.07. The van der Waals surface area contributed by atoms with Gasteiger partial charge in [-0.25, -0.2) is 0 Å². The van der Waals surface area contributed by atoms with E-state index in [4.69, 9.17) is 5.73 Å². The summed E-state index contributed by atoms with van der Waals surface area (Å²) in [7, 11) is 0. The third kappa shape index (κ3) is 3.12. The lowest BCUT2D eigenvalue weighted by molar-refractivity contribution is -0.384. The number of nitrogens with one attached hydrogen (secondary N) is 1. The number of nitro benzene ring substituents is 1. The molecular weight excluding hydrogens is 326 g/mol. The maximum atomic E-state index is 12.1. The number of hydrogen-bond acceptors (Lipinski definition) is 4. The van der Waals surface area contributed by atoms with E-state index < -0.39 is 10.8 Å². The van der Waals surface area contributed by atoms with E-state index in [1.54, 1.807) is 24.3 Å². The Bertz CT molecular complexity index is 688. The van der Waals surface area contributed by atoms with Crippen molar-refractivity contribution in [1.29, 1.82) is 0 Å². The SMILES string of the molecule is Nc1ccc(Br)cc1C(=O)Nc1cccc([N+](=O)[O-])c1. The van der Waals surface area contributed by atoms with Gasteiger partial charge in [0.2, 0.25) is 0 Å². The van der Waals surface area contributed by atoms with Crippen molar-refractivity contribution in [3.05, 3.63) is 62.6 Å². The molecule has 2 aromatic rings. The summed E-state index contributed by atoms with van der Waals surface area (Å²) in [5.74, 6) is -0.427. The molecule has 20 heavy (non-hydrogen) atoms. The molecule has 7 heteroatoms. The number of carbonyl (C=O) groups is 1. The molecule has 0 fully saturated rings. The highest BCUT2D eigenvalue weighted by Crippen LogP contribution is 2.21. The number of non-ortho nitro benzene ring substituents is 1. The van der Waals surface area contributed by atoms with Gasteiger partial charge in [-0.15, -0.1) is 0 Å². The fraction of sp³-hybridized carbons (Fsp3) is 0. The van der Waals surface area contributed by atoms with E-state index >= 15 is 0 Å². The molecule has 0 saturated carbocycles. The second-order valence-corrected chi connectivity index (χ2v) is 4.91. The van der Waals surface area contributed by atoms with Gasteiger partial charge in [-0.1, -0.05) is 22.0 Å². The number of rotatable bonds is 3. The summed E-state index contributed by atoms with van der Waals surface area (Å²) < 4.78 is 0.718. The van der Waals surface area contributed by atoms with E-state index in [9.17, 15) is 14.9 Å². The van der Waals surface area contributed by atoms with Gasteiger partial charge in [-0.2, -0.15) is 0 Å². The lowest BCUT2D eigenvalue weighted by atomic mass is 10.1. The molecule has 2 aromatic carbocycles. The number of carbonyl (C=O) groups excluding carboxylic acids is 1. The predicted octanol–water partition coefficient (Wildman–Crippen LogP) is 3.19. The Morgan fingerprint density at radius 2 is 2.00 bits per heavy atom. The van der Waals surface area contributed by atoms with E-state index in [0.29, 0.717) is 16.9 Å². The predicted molar refractivity (Wildman–Crippen MR) is 79.6 cm³/mol. The molecule has 1 amide bonds. The largest absolute Gasteiger partial charge is 0.398 e. The molecule has 0 saturated heterocycles. The Morgan fingerprint density at radius 3 is 2.70 bits per heavy atom. The summed E-state index contributed by atoms with van der Waals surface area (Å²) in [6.07, 6.45) is 0. The fourth-order valence-electron chi connectivity index (χ4n) is 1.62. The molecule has 3 N–H and O–H groups in total. The van der Waals surface area contributed by atoms with Crippen LogP contribution in [-0.2, 0) is 0 Å². The van der Waals surface area contributed by atoms with Crippen LogP contribution in [0.15, 0.2) is 46.9 Å². The van der Waals surface area contributed by atoms with Gasteiger partial charge in [0.1, 0.15) is 0 Å². The van der Waals surface area contributed by atoms with Crippen LogP contribution in [-0.4, -0.2) is 10.8 Å². The first-order chi connectivity index (χ1) is 9.47. The normalized spacial score (nSPS) is 10.1. The quantitative estimate of drug-likeness (QED) is 0.511. The van der Waals surface area contributed by atoms with Gasteiger partial charge in [0.15, 0.2) is 0 Å². The summed E-state index contributed by atoms with van der Waals surface area (Å²) in [6, 6.07) is 10.6. The highest BCUT2D eigenvalue weighted by Gasteiger charge is 2.12. The van der Waals surface area contributed by atoms with Crippen molar-refractivity contribution in [3.8, 4) is 0 Å². The Labute approximate surface area is 122 Å². The zero-order valence-corrected chi connectivity index (χ0v) is 11.8. The minimum Gasteiger partial charge on any atom is -0.398 e. The lowest BCUT2D eigenvalue weighted by Crippen LogP contribution is -2.14. The van der Waals surface area contributed by atoms with Gasteiger partial charge in [-0.3, -0.25) is 14.9 Å². The number of nitrogen functional groups attached to an aromatic ring is 1. The molecule has 2 rings (SSSR count). The molecule has 102 valence electrons. The van der Waals surface area contributed by atoms with Crippen molar-refractivity contribution in [2.45, 2.75) is 0 Å². The van der Waals surface area contributed by atoms with Crippen molar-refractivity contribution in [3.63, 3.8) is 0 Å². The summed E-state index contributed by atoms with van der Waals surface area (Å²) in [6.45, 7) is 0. The number of amides is 1. The zero-order chi connectivity index (χ0) is 14.7. The van der Waals surface area contributed by atoms with Crippen molar-refractivity contribution in [2.75, 3.05) is 11.1 Å². The minimum atomic E-state index is -0.525. The molecule has 0 aromatic heterocycles. The van der Waals surface area contributed by atoms with Crippen LogP contribution in [0.5, 0.6) is 0 Å². The van der Waals surface area contributed by atoms with Crippen LogP contribution >= 0.6 is 15.9 Å². The van der Waals surface area contributed by atoms with Crippen molar-refractivity contribution < 1.29 is 9.72 Å². The first-order valence-electron chi connectivity index (χ1n) is 5.58. The van der Waals surface area contributed by atoms with Gasteiger partial charge < -0.3 is 11.1 Å². The number of halogens is 1. The van der Waals surface area contributed by atoms with E-state index in [1.807, 2.05) is 0 Å². The summed E-state index contributed by atoms with van der Waals surface area (Å²) in [5.41, 5.74) is 6.60. The molecule has 0 aliphatic heterocycles. The first-order valence-corrected chi connectivity index (χ1v) is 6.37. The second-order valence-electron chi connectivity index (χ2n) is 3.99. The monoisotopic (exact) mass is 335 g/mol. The van der Waals surface area contributed by atoms with E-state index in [0.717, 1.165) is 4.47 Å². The van der Waals surface area contributed by atoms with Gasteiger partial charge in [0.05, 0.1) is 10.5 Å². The van der Waals surface area contributed by atoms with Crippen LogP contribution in [0.25, 0.3) is 0 Å². The maximum absolute atomic E-state index is 12.1. The van der Waals surface area contributed by atoms with Gasteiger partial charge in [0, 0.05) is 28.0 Å². The van der Waals surface area contributed by atoms with Crippen LogP contribution in [0.3, 0.4) is 0 Å². The highest BCUT2D eigenvalue weighted by molar-refractivity contribution is 9.10. The molecule has 0 aliphatic carbocycles. The molecule has 0 spiro atoms. The van der Waals surface area contributed by atoms with Crippen LogP contribution in [0, 0.1) is 10.1 Å². The minimum absolute atomic E-state index is 0.0926. The van der Waals surface area contributed by atoms with E-state index in [-0.39, 0.29) is 5.69 Å².